The fourth-order valence-corrected chi connectivity index (χ4v) is 2.72. The number of oxazole rings is 1. The molecule has 0 aliphatic carbocycles. The molecule has 0 amide bonds. The zero-order chi connectivity index (χ0) is 18.3. The summed E-state index contributed by atoms with van der Waals surface area (Å²) in [6, 6.07) is 0.539. The lowest BCUT2D eigenvalue weighted by molar-refractivity contribution is -0.139. The third kappa shape index (κ3) is 3.33. The number of sulfonamides is 1. The van der Waals surface area contributed by atoms with E-state index in [9.17, 15) is 31.5 Å². The van der Waals surface area contributed by atoms with Gasteiger partial charge in [0.05, 0.1) is 27.9 Å². The first kappa shape index (κ1) is 17.7. The van der Waals surface area contributed by atoms with Gasteiger partial charge in [0, 0.05) is 7.05 Å². The van der Waals surface area contributed by atoms with Gasteiger partial charge in [-0.15, -0.1) is 0 Å². The summed E-state index contributed by atoms with van der Waals surface area (Å²) in [5.74, 6) is -1.65. The third-order valence-electron chi connectivity index (χ3n) is 3.01. The Bertz CT molecular complexity index is 878. The molecule has 0 aliphatic heterocycles. The van der Waals surface area contributed by atoms with Crippen molar-refractivity contribution in [1.82, 2.24) is 4.98 Å². The number of aromatic carboxylic acids is 1. The van der Waals surface area contributed by atoms with Gasteiger partial charge < -0.3 is 9.52 Å². The van der Waals surface area contributed by atoms with E-state index in [4.69, 9.17) is 9.56 Å². The first-order valence-corrected chi connectivity index (χ1v) is 7.62. The van der Waals surface area contributed by atoms with Crippen molar-refractivity contribution in [3.05, 3.63) is 35.7 Å². The zero-order valence-electron chi connectivity index (χ0n) is 11.9. The van der Waals surface area contributed by atoms with Crippen LogP contribution in [0.5, 0.6) is 0 Å². The molecule has 0 spiro atoms. The Morgan fingerprint density at radius 3 is 2.42 bits per heavy atom. The van der Waals surface area contributed by atoms with Gasteiger partial charge in [-0.1, -0.05) is 0 Å². The molecular formula is C12H10F3N3O5S. The number of halogens is 3. The Morgan fingerprint density at radius 2 is 2.00 bits per heavy atom. The Morgan fingerprint density at radius 1 is 1.38 bits per heavy atom. The molecule has 8 nitrogen and oxygen atoms in total. The van der Waals surface area contributed by atoms with E-state index < -0.39 is 43.9 Å². The van der Waals surface area contributed by atoms with Crippen molar-refractivity contribution in [3.8, 4) is 0 Å². The number of benzene rings is 1. The fourth-order valence-electron chi connectivity index (χ4n) is 1.96. The number of hydrogen-bond acceptors (Lipinski definition) is 6. The predicted molar refractivity (Wildman–Crippen MR) is 74.3 cm³/mol. The number of anilines is 2. The van der Waals surface area contributed by atoms with E-state index in [-0.39, 0.29) is 6.01 Å². The molecule has 0 unspecified atom stereocenters. The van der Waals surface area contributed by atoms with Crippen LogP contribution in [-0.4, -0.2) is 31.5 Å². The average Bonchev–Trinajstić information content (AvgIpc) is 2.97. The monoisotopic (exact) mass is 365 g/mol. The van der Waals surface area contributed by atoms with Crippen molar-refractivity contribution in [1.29, 1.82) is 0 Å². The molecule has 24 heavy (non-hydrogen) atoms. The van der Waals surface area contributed by atoms with Gasteiger partial charge in [-0.05, 0) is 12.1 Å². The summed E-state index contributed by atoms with van der Waals surface area (Å²) in [6.07, 6.45) is -2.74. The van der Waals surface area contributed by atoms with E-state index in [0.29, 0.717) is 12.1 Å². The number of hydrogen-bond donors (Lipinski definition) is 2. The Balaban J connectivity index is 2.82. The molecule has 2 aromatic rings. The molecule has 0 saturated heterocycles. The normalized spacial score (nSPS) is 12.2. The summed E-state index contributed by atoms with van der Waals surface area (Å²) < 4.78 is 67.3. The van der Waals surface area contributed by atoms with E-state index >= 15 is 0 Å². The quantitative estimate of drug-likeness (QED) is 0.846. The van der Waals surface area contributed by atoms with Gasteiger partial charge in [0.1, 0.15) is 6.26 Å². The largest absolute Gasteiger partial charge is 0.478 e. The van der Waals surface area contributed by atoms with Crippen LogP contribution in [0.1, 0.15) is 15.9 Å². The van der Waals surface area contributed by atoms with Gasteiger partial charge in [-0.3, -0.25) is 4.90 Å². The molecule has 0 bridgehead atoms. The molecule has 2 rings (SSSR count). The Labute approximate surface area is 133 Å². The fraction of sp³-hybridized carbons (Fsp3) is 0.167. The number of alkyl halides is 3. The van der Waals surface area contributed by atoms with Crippen LogP contribution in [-0.2, 0) is 16.2 Å². The Hall–Kier alpha value is -2.60. The number of aromatic nitrogens is 1. The van der Waals surface area contributed by atoms with Crippen LogP contribution in [0.3, 0.4) is 0 Å². The summed E-state index contributed by atoms with van der Waals surface area (Å²) >= 11 is 0. The highest BCUT2D eigenvalue weighted by Gasteiger charge is 2.38. The molecular weight excluding hydrogens is 355 g/mol. The molecule has 0 fully saturated rings. The molecule has 0 atom stereocenters. The number of rotatable bonds is 4. The molecule has 3 N–H and O–H groups in total. The van der Waals surface area contributed by atoms with Gasteiger partial charge in [0.25, 0.3) is 0 Å². The zero-order valence-corrected chi connectivity index (χ0v) is 12.7. The van der Waals surface area contributed by atoms with Crippen LogP contribution < -0.4 is 10.0 Å². The number of nitrogens with two attached hydrogens (primary N) is 1. The van der Waals surface area contributed by atoms with Gasteiger partial charge in [0.15, 0.2) is 0 Å². The molecule has 0 saturated carbocycles. The first-order valence-electron chi connectivity index (χ1n) is 6.07. The maximum absolute atomic E-state index is 13.2. The SMILES string of the molecule is CN(c1ncco1)c1cc(C(F)(F)F)c(S(N)(=O)=O)cc1C(=O)O. The highest BCUT2D eigenvalue weighted by Crippen LogP contribution is 2.39. The molecule has 1 aromatic carbocycles. The van der Waals surface area contributed by atoms with Crippen LogP contribution in [0.25, 0.3) is 0 Å². The van der Waals surface area contributed by atoms with Crippen molar-refractivity contribution < 1.29 is 35.9 Å². The molecule has 1 heterocycles. The summed E-state index contributed by atoms with van der Waals surface area (Å²) in [7, 11) is -3.60. The maximum Gasteiger partial charge on any atom is 0.417 e. The minimum atomic E-state index is -5.08. The van der Waals surface area contributed by atoms with Gasteiger partial charge in [0.2, 0.25) is 10.0 Å². The molecule has 0 aliphatic rings. The van der Waals surface area contributed by atoms with E-state index in [1.54, 1.807) is 0 Å². The van der Waals surface area contributed by atoms with Crippen molar-refractivity contribution in [2.45, 2.75) is 11.1 Å². The standard InChI is InChI=1S/C12H10F3N3O5S/c1-18(11-17-2-3-23-11)8-5-7(12(13,14)15)9(24(16,21)22)4-6(8)10(19)20/h2-5H,1H3,(H,19,20)(H2,16,21,22). The number of carboxylic acids is 1. The van der Waals surface area contributed by atoms with Crippen LogP contribution in [0, 0.1) is 0 Å². The van der Waals surface area contributed by atoms with Crippen molar-refractivity contribution in [3.63, 3.8) is 0 Å². The lowest BCUT2D eigenvalue weighted by atomic mass is 10.1. The van der Waals surface area contributed by atoms with Gasteiger partial charge in [-0.25, -0.2) is 23.3 Å². The summed E-state index contributed by atoms with van der Waals surface area (Å²) in [5.41, 5.74) is -2.78. The van der Waals surface area contributed by atoms with E-state index in [1.807, 2.05) is 0 Å². The lowest BCUT2D eigenvalue weighted by Gasteiger charge is -2.20. The van der Waals surface area contributed by atoms with Crippen molar-refractivity contribution in [2.75, 3.05) is 11.9 Å². The summed E-state index contributed by atoms with van der Waals surface area (Å²) in [5, 5.41) is 14.0. The first-order chi connectivity index (χ1) is 10.9. The molecule has 130 valence electrons. The minimum Gasteiger partial charge on any atom is -0.478 e. The van der Waals surface area contributed by atoms with E-state index in [0.717, 1.165) is 11.2 Å². The number of carboxylic acid groups (broad SMARTS) is 1. The van der Waals surface area contributed by atoms with E-state index in [1.165, 1.54) is 13.2 Å². The Kier molecular flexibility index (Phi) is 4.29. The smallest absolute Gasteiger partial charge is 0.417 e. The lowest BCUT2D eigenvalue weighted by Crippen LogP contribution is -2.22. The highest BCUT2D eigenvalue weighted by atomic mass is 32.2. The maximum atomic E-state index is 13.2. The second-order valence-electron chi connectivity index (χ2n) is 4.59. The van der Waals surface area contributed by atoms with Crippen LogP contribution in [0.2, 0.25) is 0 Å². The van der Waals surface area contributed by atoms with Gasteiger partial charge >= 0.3 is 18.2 Å². The van der Waals surface area contributed by atoms with Crippen LogP contribution in [0.4, 0.5) is 24.9 Å². The molecule has 12 heteroatoms. The molecule has 0 radical (unpaired) electrons. The summed E-state index contributed by atoms with van der Waals surface area (Å²) in [6.45, 7) is 0. The predicted octanol–water partition coefficient (Wildman–Crippen LogP) is 1.81. The molecule has 1 aromatic heterocycles. The topological polar surface area (TPSA) is 127 Å². The van der Waals surface area contributed by atoms with Crippen molar-refractivity contribution >= 4 is 27.7 Å². The second kappa shape index (κ2) is 5.79. The number of primary sulfonamides is 1. The second-order valence-corrected chi connectivity index (χ2v) is 6.12. The summed E-state index contributed by atoms with van der Waals surface area (Å²) in [4.78, 5) is 14.6. The van der Waals surface area contributed by atoms with Gasteiger partial charge in [-0.2, -0.15) is 13.2 Å². The number of carbonyl (C=O) groups is 1. The van der Waals surface area contributed by atoms with Crippen molar-refractivity contribution in [2.24, 2.45) is 5.14 Å². The minimum absolute atomic E-state index is 0.186. The highest BCUT2D eigenvalue weighted by molar-refractivity contribution is 7.89. The number of nitrogens with zero attached hydrogens (tertiary/aromatic N) is 2. The van der Waals surface area contributed by atoms with Crippen LogP contribution >= 0.6 is 0 Å². The third-order valence-corrected chi connectivity index (χ3v) is 3.96. The van der Waals surface area contributed by atoms with Crippen LogP contribution in [0.15, 0.2) is 33.9 Å². The van der Waals surface area contributed by atoms with E-state index in [2.05, 4.69) is 4.98 Å². The average molecular weight is 365 g/mol.